The van der Waals surface area contributed by atoms with Crippen LogP contribution in [-0.4, -0.2) is 36.6 Å². The van der Waals surface area contributed by atoms with Gasteiger partial charge in [-0.15, -0.1) is 0 Å². The molecule has 2 unspecified atom stereocenters. The molecule has 16 heavy (non-hydrogen) atoms. The van der Waals surface area contributed by atoms with Crippen molar-refractivity contribution in [2.75, 3.05) is 19.7 Å². The van der Waals surface area contributed by atoms with Gasteiger partial charge >= 0.3 is 5.97 Å². The van der Waals surface area contributed by atoms with Gasteiger partial charge in [-0.3, -0.25) is 9.69 Å². The van der Waals surface area contributed by atoms with Gasteiger partial charge in [0.1, 0.15) is 0 Å². The fourth-order valence-corrected chi connectivity index (χ4v) is 2.14. The third kappa shape index (κ3) is 4.52. The SMILES string of the molecule is CCCCOC(=O)CN1CC(C)CCC1C. The summed E-state index contributed by atoms with van der Waals surface area (Å²) in [6.45, 7) is 8.63. The number of rotatable bonds is 5. The number of likely N-dealkylation sites (tertiary alicyclic amines) is 1. The van der Waals surface area contributed by atoms with Crippen molar-refractivity contribution in [2.24, 2.45) is 5.92 Å². The summed E-state index contributed by atoms with van der Waals surface area (Å²) in [6.07, 6.45) is 4.52. The van der Waals surface area contributed by atoms with Gasteiger partial charge in [-0.05, 0) is 32.1 Å². The monoisotopic (exact) mass is 227 g/mol. The van der Waals surface area contributed by atoms with Crippen molar-refractivity contribution in [1.29, 1.82) is 0 Å². The summed E-state index contributed by atoms with van der Waals surface area (Å²) in [4.78, 5) is 13.8. The second-order valence-corrected chi connectivity index (χ2v) is 5.04. The summed E-state index contributed by atoms with van der Waals surface area (Å²) in [5.41, 5.74) is 0. The number of carbonyl (C=O) groups excluding carboxylic acids is 1. The smallest absolute Gasteiger partial charge is 0.320 e. The minimum absolute atomic E-state index is 0.0607. The molecule has 0 aromatic heterocycles. The van der Waals surface area contributed by atoms with Gasteiger partial charge in [-0.2, -0.15) is 0 Å². The second-order valence-electron chi connectivity index (χ2n) is 5.04. The number of unbranched alkanes of at least 4 members (excludes halogenated alkanes) is 1. The van der Waals surface area contributed by atoms with E-state index in [1.165, 1.54) is 12.8 Å². The minimum atomic E-state index is -0.0607. The van der Waals surface area contributed by atoms with Crippen molar-refractivity contribution < 1.29 is 9.53 Å². The summed E-state index contributed by atoms with van der Waals surface area (Å²) < 4.78 is 5.19. The van der Waals surface area contributed by atoms with E-state index in [0.29, 0.717) is 25.1 Å². The molecule has 0 aromatic carbocycles. The normalized spacial score (nSPS) is 26.7. The van der Waals surface area contributed by atoms with E-state index >= 15 is 0 Å². The molecule has 1 rings (SSSR count). The first-order valence-corrected chi connectivity index (χ1v) is 6.53. The van der Waals surface area contributed by atoms with Crippen LogP contribution in [0.2, 0.25) is 0 Å². The van der Waals surface area contributed by atoms with E-state index < -0.39 is 0 Å². The van der Waals surface area contributed by atoms with Crippen molar-refractivity contribution >= 4 is 5.97 Å². The van der Waals surface area contributed by atoms with Crippen LogP contribution in [0.3, 0.4) is 0 Å². The fourth-order valence-electron chi connectivity index (χ4n) is 2.14. The molecular weight excluding hydrogens is 202 g/mol. The topological polar surface area (TPSA) is 29.5 Å². The van der Waals surface area contributed by atoms with Crippen LogP contribution in [0.15, 0.2) is 0 Å². The van der Waals surface area contributed by atoms with E-state index in [-0.39, 0.29) is 5.97 Å². The van der Waals surface area contributed by atoms with Crippen molar-refractivity contribution in [3.8, 4) is 0 Å². The minimum Gasteiger partial charge on any atom is -0.465 e. The highest BCUT2D eigenvalue weighted by molar-refractivity contribution is 5.71. The highest BCUT2D eigenvalue weighted by Gasteiger charge is 2.24. The van der Waals surface area contributed by atoms with E-state index in [2.05, 4.69) is 25.7 Å². The number of ether oxygens (including phenoxy) is 1. The lowest BCUT2D eigenvalue weighted by Crippen LogP contribution is -2.44. The average Bonchev–Trinajstić information content (AvgIpc) is 2.24. The maximum absolute atomic E-state index is 11.6. The summed E-state index contributed by atoms with van der Waals surface area (Å²) >= 11 is 0. The second kappa shape index (κ2) is 6.89. The molecule has 3 heteroatoms. The molecule has 0 spiro atoms. The highest BCUT2D eigenvalue weighted by atomic mass is 16.5. The fraction of sp³-hybridized carbons (Fsp3) is 0.923. The average molecular weight is 227 g/mol. The Bertz CT molecular complexity index is 218. The van der Waals surface area contributed by atoms with Crippen LogP contribution < -0.4 is 0 Å². The number of nitrogens with zero attached hydrogens (tertiary/aromatic N) is 1. The van der Waals surface area contributed by atoms with Gasteiger partial charge < -0.3 is 4.74 Å². The molecule has 1 aliphatic rings. The van der Waals surface area contributed by atoms with Crippen LogP contribution in [0.4, 0.5) is 0 Å². The molecule has 2 atom stereocenters. The number of esters is 1. The Morgan fingerprint density at radius 2 is 2.12 bits per heavy atom. The third-order valence-electron chi connectivity index (χ3n) is 3.34. The Labute approximate surface area is 99.1 Å². The van der Waals surface area contributed by atoms with E-state index in [4.69, 9.17) is 4.74 Å². The van der Waals surface area contributed by atoms with Crippen molar-refractivity contribution in [1.82, 2.24) is 4.90 Å². The summed E-state index contributed by atoms with van der Waals surface area (Å²) in [5.74, 6) is 0.647. The molecule has 0 saturated carbocycles. The zero-order valence-electron chi connectivity index (χ0n) is 10.9. The molecule has 1 fully saturated rings. The van der Waals surface area contributed by atoms with Gasteiger partial charge in [0.05, 0.1) is 13.2 Å². The lowest BCUT2D eigenvalue weighted by atomic mass is 9.95. The van der Waals surface area contributed by atoms with Crippen LogP contribution in [0.25, 0.3) is 0 Å². The molecular formula is C13H25NO2. The summed E-state index contributed by atoms with van der Waals surface area (Å²) in [5, 5.41) is 0. The van der Waals surface area contributed by atoms with E-state index in [9.17, 15) is 4.79 Å². The van der Waals surface area contributed by atoms with Gasteiger partial charge in [0, 0.05) is 12.6 Å². The molecule has 0 N–H and O–H groups in total. The Morgan fingerprint density at radius 3 is 2.81 bits per heavy atom. The number of hydrogen-bond acceptors (Lipinski definition) is 3. The van der Waals surface area contributed by atoms with Crippen molar-refractivity contribution in [3.05, 3.63) is 0 Å². The van der Waals surface area contributed by atoms with E-state index in [1.54, 1.807) is 0 Å². The first kappa shape index (κ1) is 13.5. The molecule has 1 heterocycles. The van der Waals surface area contributed by atoms with E-state index in [0.717, 1.165) is 19.4 Å². The first-order chi connectivity index (χ1) is 7.63. The maximum atomic E-state index is 11.6. The largest absolute Gasteiger partial charge is 0.465 e. The van der Waals surface area contributed by atoms with Crippen LogP contribution in [0.1, 0.15) is 46.5 Å². The number of hydrogen-bond donors (Lipinski definition) is 0. The predicted octanol–water partition coefficient (Wildman–Crippen LogP) is 2.45. The van der Waals surface area contributed by atoms with Crippen LogP contribution in [0.5, 0.6) is 0 Å². The van der Waals surface area contributed by atoms with Gasteiger partial charge in [0.2, 0.25) is 0 Å². The summed E-state index contributed by atoms with van der Waals surface area (Å²) in [7, 11) is 0. The molecule has 3 nitrogen and oxygen atoms in total. The molecule has 1 aliphatic heterocycles. The number of carbonyl (C=O) groups is 1. The van der Waals surface area contributed by atoms with Crippen molar-refractivity contribution in [3.63, 3.8) is 0 Å². The van der Waals surface area contributed by atoms with Crippen LogP contribution in [0, 0.1) is 5.92 Å². The first-order valence-electron chi connectivity index (χ1n) is 6.53. The quantitative estimate of drug-likeness (QED) is 0.534. The third-order valence-corrected chi connectivity index (χ3v) is 3.34. The number of piperidine rings is 1. The lowest BCUT2D eigenvalue weighted by molar-refractivity contribution is -0.146. The Balaban J connectivity index is 2.25. The molecule has 94 valence electrons. The van der Waals surface area contributed by atoms with Gasteiger partial charge in [0.15, 0.2) is 0 Å². The lowest BCUT2D eigenvalue weighted by Gasteiger charge is -2.35. The molecule has 0 aromatic rings. The molecule has 0 bridgehead atoms. The van der Waals surface area contributed by atoms with E-state index in [1.807, 2.05) is 0 Å². The predicted molar refractivity (Wildman–Crippen MR) is 65.3 cm³/mol. The Hall–Kier alpha value is -0.570. The van der Waals surface area contributed by atoms with Crippen LogP contribution >= 0.6 is 0 Å². The van der Waals surface area contributed by atoms with Gasteiger partial charge in [-0.1, -0.05) is 20.3 Å². The highest BCUT2D eigenvalue weighted by Crippen LogP contribution is 2.20. The maximum Gasteiger partial charge on any atom is 0.320 e. The molecule has 0 radical (unpaired) electrons. The van der Waals surface area contributed by atoms with Gasteiger partial charge in [0.25, 0.3) is 0 Å². The standard InChI is InChI=1S/C13H25NO2/c1-4-5-8-16-13(15)10-14-9-11(2)6-7-12(14)3/h11-12H,4-10H2,1-3H3. The molecule has 1 saturated heterocycles. The zero-order valence-corrected chi connectivity index (χ0v) is 10.9. The molecule has 0 aliphatic carbocycles. The summed E-state index contributed by atoms with van der Waals surface area (Å²) in [6, 6.07) is 0.523. The Kier molecular flexibility index (Phi) is 5.81. The Morgan fingerprint density at radius 1 is 1.38 bits per heavy atom. The van der Waals surface area contributed by atoms with Gasteiger partial charge in [-0.25, -0.2) is 0 Å². The van der Waals surface area contributed by atoms with Crippen molar-refractivity contribution in [2.45, 2.75) is 52.5 Å². The molecule has 0 amide bonds. The zero-order chi connectivity index (χ0) is 12.0. The van der Waals surface area contributed by atoms with Crippen LogP contribution in [-0.2, 0) is 9.53 Å².